The number of hydrogen-bond donors (Lipinski definition) is 0. The third kappa shape index (κ3) is 12.0. The van der Waals surface area contributed by atoms with Crippen molar-refractivity contribution in [3.05, 3.63) is 177 Å². The van der Waals surface area contributed by atoms with Crippen molar-refractivity contribution in [2.75, 3.05) is 42.3 Å². The number of hydrogen-bond acceptors (Lipinski definition) is 2. The van der Waals surface area contributed by atoms with Crippen molar-refractivity contribution in [1.29, 1.82) is 0 Å². The maximum atomic E-state index is 6.37. The number of furan rings is 1. The van der Waals surface area contributed by atoms with E-state index in [0.29, 0.717) is 11.8 Å². The van der Waals surface area contributed by atoms with Crippen LogP contribution < -0.4 is 0 Å². The van der Waals surface area contributed by atoms with E-state index in [1.165, 1.54) is 27.8 Å². The maximum Gasteiger partial charge on any atom is 4.00 e. The van der Waals surface area contributed by atoms with Gasteiger partial charge in [-0.3, -0.25) is 0 Å². The van der Waals surface area contributed by atoms with Gasteiger partial charge in [-0.05, 0) is 64.2 Å². The number of imidazole rings is 1. The van der Waals surface area contributed by atoms with E-state index >= 15 is 0 Å². The van der Waals surface area contributed by atoms with E-state index in [4.69, 9.17) is 14.7 Å². The molecule has 0 saturated carbocycles. The summed E-state index contributed by atoms with van der Waals surface area (Å²) in [6.45, 7) is 13.4. The van der Waals surface area contributed by atoms with Crippen molar-refractivity contribution in [3.63, 3.8) is 0 Å². The number of fused-ring (bicyclic) bond motifs is 1. The molecule has 0 radical (unpaired) electrons. The summed E-state index contributed by atoms with van der Waals surface area (Å²) in [5.41, 5.74) is 13.4. The van der Waals surface area contributed by atoms with Crippen molar-refractivity contribution in [3.8, 4) is 33.5 Å². The molecule has 7 aromatic rings. The molecule has 1 atom stereocenters. The maximum absolute atomic E-state index is 6.37. The Morgan fingerprint density at radius 1 is 0.650 bits per heavy atom. The van der Waals surface area contributed by atoms with Crippen LogP contribution >= 0.6 is 0 Å². The molecule has 7 nitrogen and oxygen atoms in total. The molecule has 0 aliphatic rings. The summed E-state index contributed by atoms with van der Waals surface area (Å²) >= 11 is 0. The summed E-state index contributed by atoms with van der Waals surface area (Å²) < 4.78 is 8.55. The summed E-state index contributed by atoms with van der Waals surface area (Å²) in [6, 6.07) is 40.7. The first-order valence-electron chi connectivity index (χ1n) is 20.6. The van der Waals surface area contributed by atoms with Crippen LogP contribution in [0.1, 0.15) is 86.3 Å². The van der Waals surface area contributed by atoms with E-state index in [2.05, 4.69) is 178 Å². The molecule has 0 spiro atoms. The number of rotatable bonds is 10. The Kier molecular flexibility index (Phi) is 20.4. The van der Waals surface area contributed by atoms with Crippen LogP contribution in [0.2, 0.25) is 0 Å². The zero-order valence-corrected chi connectivity index (χ0v) is 41.7. The first kappa shape index (κ1) is 49.8. The molecule has 7 rings (SSSR count). The molecule has 8 heteroatoms. The van der Waals surface area contributed by atoms with Gasteiger partial charge in [0.1, 0.15) is 11.3 Å². The predicted molar refractivity (Wildman–Crippen MR) is 255 cm³/mol. The zero-order valence-electron chi connectivity index (χ0n) is 38.1. The van der Waals surface area contributed by atoms with Crippen LogP contribution in [-0.2, 0) is 39.3 Å². The van der Waals surface area contributed by atoms with Gasteiger partial charge < -0.3 is 30.3 Å². The molecule has 0 bridgehead atoms. The number of benzene rings is 5. The molecule has 0 aliphatic heterocycles. The standard InChI is InChI=1S/C46H46N3O.3C2H6N.Hf/c1-8-40-43(36-22-15-16-25-41(36)50-40)39-28-49(7)46(47-39)45(48-44-34(29(2)3)23-17-24-35(44)30(4)5)42-37(32-18-11-9-12-19-32)26-31(6)27-38(42)33-20-13-10-14-21-33;3*1-3-2;/h9-30,45H,8H2,1-7H3;3*1-2H3;/q4*-1;+4. The molecule has 1 unspecified atom stereocenters. The molecular formula is C52H64HfN6O. The van der Waals surface area contributed by atoms with Gasteiger partial charge in [0.15, 0.2) is 0 Å². The van der Waals surface area contributed by atoms with Crippen molar-refractivity contribution in [2.24, 2.45) is 7.05 Å². The van der Waals surface area contributed by atoms with Crippen LogP contribution in [0.3, 0.4) is 0 Å². The average molecular weight is 968 g/mol. The summed E-state index contributed by atoms with van der Waals surface area (Å²) in [5.74, 6) is 2.44. The number of aryl methyl sites for hydroxylation is 3. The van der Waals surface area contributed by atoms with Crippen molar-refractivity contribution in [2.45, 2.75) is 65.8 Å². The van der Waals surface area contributed by atoms with E-state index in [1.54, 1.807) is 42.3 Å². The molecule has 0 amide bonds. The molecule has 0 aliphatic carbocycles. The molecule has 2 aromatic heterocycles. The van der Waals surface area contributed by atoms with Crippen molar-refractivity contribution < 1.29 is 30.3 Å². The first-order valence-corrected chi connectivity index (χ1v) is 20.6. The Balaban J connectivity index is 0.000000884. The molecule has 0 saturated heterocycles. The number of aromatic nitrogens is 2. The third-order valence-electron chi connectivity index (χ3n) is 9.77. The van der Waals surface area contributed by atoms with Crippen LogP contribution in [-0.4, -0.2) is 51.8 Å². The van der Waals surface area contributed by atoms with E-state index in [-0.39, 0.29) is 25.8 Å². The first-order chi connectivity index (χ1) is 28.5. The van der Waals surface area contributed by atoms with Crippen LogP contribution in [0.25, 0.3) is 65.7 Å². The fourth-order valence-corrected chi connectivity index (χ4v) is 7.33. The largest absolute Gasteiger partial charge is 4.00 e. The fourth-order valence-electron chi connectivity index (χ4n) is 7.33. The monoisotopic (exact) mass is 968 g/mol. The van der Waals surface area contributed by atoms with Gasteiger partial charge in [0.2, 0.25) is 0 Å². The summed E-state index contributed by atoms with van der Waals surface area (Å²) in [4.78, 5) is 5.53. The third-order valence-corrected chi connectivity index (χ3v) is 9.77. The Labute approximate surface area is 379 Å². The van der Waals surface area contributed by atoms with Gasteiger partial charge >= 0.3 is 25.8 Å². The second-order valence-corrected chi connectivity index (χ2v) is 15.3. The van der Waals surface area contributed by atoms with Crippen LogP contribution in [0, 0.1) is 6.92 Å². The van der Waals surface area contributed by atoms with Gasteiger partial charge in [0.25, 0.3) is 0 Å². The Bertz CT molecular complexity index is 2240. The minimum absolute atomic E-state index is 0. The van der Waals surface area contributed by atoms with Crippen LogP contribution in [0.15, 0.2) is 126 Å². The SMILES string of the molecule is CCc1oc2ccccc2c1-c1cn(C)c(C([N-]c2c(C(C)C)cccc2C(C)C)c2c(-c3ccccc3)cc(C)cc2-c2ccccc2)n1.C[N-]C.C[N-]C.C[N-]C.[Hf+4]. The topological polar surface area (TPSA) is 87.4 Å². The van der Waals surface area contributed by atoms with E-state index < -0.39 is 6.04 Å². The Morgan fingerprint density at radius 3 is 1.58 bits per heavy atom. The Morgan fingerprint density at radius 2 is 1.12 bits per heavy atom. The quantitative estimate of drug-likeness (QED) is 0.128. The number of para-hydroxylation sites is 2. The normalized spacial score (nSPS) is 11.1. The second-order valence-electron chi connectivity index (χ2n) is 15.3. The van der Waals surface area contributed by atoms with E-state index in [0.717, 1.165) is 62.6 Å². The molecular weight excluding hydrogens is 903 g/mol. The van der Waals surface area contributed by atoms with Crippen LogP contribution in [0.5, 0.6) is 0 Å². The number of nitrogens with zero attached hydrogens (tertiary/aromatic N) is 6. The van der Waals surface area contributed by atoms with Crippen molar-refractivity contribution in [1.82, 2.24) is 9.55 Å². The van der Waals surface area contributed by atoms with E-state index in [9.17, 15) is 0 Å². The Hall–Kier alpha value is -4.60. The van der Waals surface area contributed by atoms with Gasteiger partial charge in [-0.25, -0.2) is 4.98 Å². The van der Waals surface area contributed by atoms with Gasteiger partial charge in [-0.1, -0.05) is 155 Å². The predicted octanol–water partition coefficient (Wildman–Crippen LogP) is 14.9. The molecule has 0 N–H and O–H groups in total. The molecule has 312 valence electrons. The molecule has 60 heavy (non-hydrogen) atoms. The van der Waals surface area contributed by atoms with Gasteiger partial charge in [0, 0.05) is 25.1 Å². The van der Waals surface area contributed by atoms with Crippen LogP contribution in [0.4, 0.5) is 5.69 Å². The van der Waals surface area contributed by atoms with Gasteiger partial charge in [-0.2, -0.15) is 42.3 Å². The van der Waals surface area contributed by atoms with Crippen molar-refractivity contribution >= 4 is 16.7 Å². The molecule has 5 aromatic carbocycles. The minimum Gasteiger partial charge on any atom is -0.671 e. The van der Waals surface area contributed by atoms with E-state index in [1.807, 2.05) is 12.1 Å². The fraction of sp³-hybridized carbons (Fsp3) is 0.327. The summed E-state index contributed by atoms with van der Waals surface area (Å²) in [5, 5.41) is 17.5. The average Bonchev–Trinajstić information content (AvgIpc) is 3.80. The second kappa shape index (κ2) is 24.6. The summed E-state index contributed by atoms with van der Waals surface area (Å²) in [6.07, 6.45) is 2.93. The zero-order chi connectivity index (χ0) is 43.1. The molecule has 0 fully saturated rings. The minimum atomic E-state index is -0.416. The van der Waals surface area contributed by atoms with Gasteiger partial charge in [0.05, 0.1) is 17.1 Å². The summed E-state index contributed by atoms with van der Waals surface area (Å²) in [7, 11) is 12.6. The molecule has 2 heterocycles. The van der Waals surface area contributed by atoms with Gasteiger partial charge in [-0.15, -0.1) is 5.69 Å². The smallest absolute Gasteiger partial charge is 0.671 e.